The van der Waals surface area contributed by atoms with E-state index in [2.05, 4.69) is 15.3 Å². The molecule has 2 aromatic heterocycles. The third-order valence-corrected chi connectivity index (χ3v) is 3.46. The average molecular weight is 301 g/mol. The number of aryl methyl sites for hydroxylation is 1. The summed E-state index contributed by atoms with van der Waals surface area (Å²) in [6.07, 6.45) is 1.64. The fourth-order valence-corrected chi connectivity index (χ4v) is 2.28. The number of nitrogens with two attached hydrogens (primary N) is 1. The summed E-state index contributed by atoms with van der Waals surface area (Å²) >= 11 is 5.98. The first-order valence-corrected chi connectivity index (χ1v) is 6.73. The number of halogens is 1. The zero-order valence-corrected chi connectivity index (χ0v) is 12.0. The summed E-state index contributed by atoms with van der Waals surface area (Å²) in [6, 6.07) is 9.03. The normalized spacial score (nSPS) is 10.8. The van der Waals surface area contributed by atoms with Gasteiger partial charge in [-0.25, -0.2) is 4.98 Å². The highest BCUT2D eigenvalue weighted by atomic mass is 35.5. The van der Waals surface area contributed by atoms with Crippen molar-refractivity contribution >= 4 is 39.8 Å². The second-order valence-corrected chi connectivity index (χ2v) is 5.16. The summed E-state index contributed by atoms with van der Waals surface area (Å²) in [5, 5.41) is 3.88. The minimum absolute atomic E-state index is 0.254. The first-order valence-electron chi connectivity index (χ1n) is 6.35. The van der Waals surface area contributed by atoms with E-state index in [1.165, 1.54) is 0 Å². The van der Waals surface area contributed by atoms with E-state index in [4.69, 9.17) is 17.3 Å². The molecule has 0 bridgehead atoms. The molecule has 4 N–H and O–H groups in total. The number of nitrogen functional groups attached to an aromatic ring is 1. The van der Waals surface area contributed by atoms with Gasteiger partial charge in [0.1, 0.15) is 5.69 Å². The number of H-pyrrole nitrogens is 1. The van der Waals surface area contributed by atoms with Gasteiger partial charge >= 0.3 is 0 Å². The first-order chi connectivity index (χ1) is 10.0. The summed E-state index contributed by atoms with van der Waals surface area (Å²) in [5.41, 5.74) is 9.03. The molecule has 21 heavy (non-hydrogen) atoms. The Kier molecular flexibility index (Phi) is 3.27. The summed E-state index contributed by atoms with van der Waals surface area (Å²) in [5.74, 6) is -0.292. The minimum Gasteiger partial charge on any atom is -0.397 e. The fraction of sp³-hybridized carbons (Fsp3) is 0.0667. The molecule has 0 unspecified atom stereocenters. The Balaban J connectivity index is 1.93. The molecule has 0 atom stereocenters. The number of nitrogens with zero attached hydrogens (tertiary/aromatic N) is 1. The Labute approximate surface area is 126 Å². The lowest BCUT2D eigenvalue weighted by molar-refractivity contribution is 0.102. The molecule has 6 heteroatoms. The van der Waals surface area contributed by atoms with Crippen molar-refractivity contribution in [2.45, 2.75) is 6.92 Å². The molecule has 3 rings (SSSR count). The number of nitrogens with one attached hydrogen (secondary N) is 2. The maximum atomic E-state index is 12.3. The van der Waals surface area contributed by atoms with Crippen LogP contribution >= 0.6 is 11.6 Å². The standard InChI is InChI=1S/C15H13ClN4O/c1-8-5-11(14(16)18-7-8)20-15(21)12-6-9-3-2-4-10(17)13(9)19-12/h2-7,19H,17H2,1H3,(H,20,21). The van der Waals surface area contributed by atoms with Crippen LogP contribution in [0.5, 0.6) is 0 Å². The number of carbonyl (C=O) groups is 1. The molecule has 0 saturated carbocycles. The molecule has 0 spiro atoms. The van der Waals surface area contributed by atoms with E-state index in [0.29, 0.717) is 17.1 Å². The summed E-state index contributed by atoms with van der Waals surface area (Å²) in [7, 11) is 0. The number of hydrogen-bond donors (Lipinski definition) is 3. The SMILES string of the molecule is Cc1cnc(Cl)c(NC(=O)c2cc3cccc(N)c3[nH]2)c1. The van der Waals surface area contributed by atoms with Crippen LogP contribution in [0, 0.1) is 6.92 Å². The van der Waals surface area contributed by atoms with E-state index in [9.17, 15) is 4.79 Å². The number of carbonyl (C=O) groups excluding carboxylic acids is 1. The topological polar surface area (TPSA) is 83.8 Å². The van der Waals surface area contributed by atoms with Crippen LogP contribution in [0.15, 0.2) is 36.5 Å². The number of anilines is 2. The number of fused-ring (bicyclic) bond motifs is 1. The quantitative estimate of drug-likeness (QED) is 0.501. The van der Waals surface area contributed by atoms with E-state index in [1.54, 1.807) is 24.4 Å². The summed E-state index contributed by atoms with van der Waals surface area (Å²) in [6.45, 7) is 1.88. The molecule has 0 aliphatic rings. The minimum atomic E-state index is -0.292. The van der Waals surface area contributed by atoms with Gasteiger partial charge in [0.25, 0.3) is 5.91 Å². The van der Waals surface area contributed by atoms with Crippen molar-refractivity contribution in [2.75, 3.05) is 11.1 Å². The summed E-state index contributed by atoms with van der Waals surface area (Å²) in [4.78, 5) is 19.3. The predicted octanol–water partition coefficient (Wildman–Crippen LogP) is 3.36. The van der Waals surface area contributed by atoms with Gasteiger partial charge in [-0.3, -0.25) is 4.79 Å². The second kappa shape index (κ2) is 5.10. The molecule has 0 fully saturated rings. The Hall–Kier alpha value is -2.53. The number of benzene rings is 1. The monoisotopic (exact) mass is 300 g/mol. The van der Waals surface area contributed by atoms with Crippen LogP contribution in [-0.2, 0) is 0 Å². The number of amides is 1. The lowest BCUT2D eigenvalue weighted by Gasteiger charge is -2.06. The van der Waals surface area contributed by atoms with Crippen molar-refractivity contribution in [2.24, 2.45) is 0 Å². The van der Waals surface area contributed by atoms with Crippen LogP contribution in [0.4, 0.5) is 11.4 Å². The molecule has 0 aliphatic heterocycles. The molecular formula is C15H13ClN4O. The molecule has 1 amide bonds. The molecule has 5 nitrogen and oxygen atoms in total. The van der Waals surface area contributed by atoms with Crippen LogP contribution < -0.4 is 11.1 Å². The van der Waals surface area contributed by atoms with E-state index in [1.807, 2.05) is 19.1 Å². The molecule has 0 saturated heterocycles. The zero-order chi connectivity index (χ0) is 15.0. The maximum absolute atomic E-state index is 12.3. The molecule has 1 aromatic carbocycles. The zero-order valence-electron chi connectivity index (χ0n) is 11.3. The van der Waals surface area contributed by atoms with Crippen LogP contribution in [-0.4, -0.2) is 15.9 Å². The lowest BCUT2D eigenvalue weighted by atomic mass is 10.2. The molecule has 106 valence electrons. The molecule has 3 aromatic rings. The van der Waals surface area contributed by atoms with Crippen molar-refractivity contribution in [3.63, 3.8) is 0 Å². The third kappa shape index (κ3) is 2.55. The third-order valence-electron chi connectivity index (χ3n) is 3.16. The number of hydrogen-bond acceptors (Lipinski definition) is 3. The predicted molar refractivity (Wildman–Crippen MR) is 84.6 cm³/mol. The van der Waals surface area contributed by atoms with E-state index >= 15 is 0 Å². The Morgan fingerprint density at radius 1 is 1.38 bits per heavy atom. The van der Waals surface area contributed by atoms with Gasteiger partial charge < -0.3 is 16.0 Å². The van der Waals surface area contributed by atoms with Gasteiger partial charge in [-0.15, -0.1) is 0 Å². The van der Waals surface area contributed by atoms with Gasteiger partial charge in [0, 0.05) is 11.6 Å². The molecule has 0 radical (unpaired) electrons. The number of aromatic amines is 1. The highest BCUT2D eigenvalue weighted by molar-refractivity contribution is 6.32. The Morgan fingerprint density at radius 2 is 2.19 bits per heavy atom. The van der Waals surface area contributed by atoms with Gasteiger partial charge in [0.15, 0.2) is 5.15 Å². The van der Waals surface area contributed by atoms with Crippen molar-refractivity contribution in [3.05, 3.63) is 52.9 Å². The first kappa shape index (κ1) is 13.5. The summed E-state index contributed by atoms with van der Waals surface area (Å²) < 4.78 is 0. The van der Waals surface area contributed by atoms with Gasteiger partial charge in [-0.1, -0.05) is 23.7 Å². The second-order valence-electron chi connectivity index (χ2n) is 4.80. The molecule has 0 aliphatic carbocycles. The van der Waals surface area contributed by atoms with Gasteiger partial charge in [-0.2, -0.15) is 0 Å². The van der Waals surface area contributed by atoms with Crippen molar-refractivity contribution < 1.29 is 4.79 Å². The lowest BCUT2D eigenvalue weighted by Crippen LogP contribution is -2.13. The van der Waals surface area contributed by atoms with E-state index in [0.717, 1.165) is 16.5 Å². The highest BCUT2D eigenvalue weighted by Gasteiger charge is 2.13. The number of para-hydroxylation sites is 1. The Morgan fingerprint density at radius 3 is 2.95 bits per heavy atom. The van der Waals surface area contributed by atoms with Crippen molar-refractivity contribution in [1.29, 1.82) is 0 Å². The van der Waals surface area contributed by atoms with E-state index in [-0.39, 0.29) is 11.1 Å². The number of pyridine rings is 1. The van der Waals surface area contributed by atoms with Crippen LogP contribution in [0.3, 0.4) is 0 Å². The van der Waals surface area contributed by atoms with Gasteiger partial charge in [-0.05, 0) is 30.7 Å². The van der Waals surface area contributed by atoms with Crippen LogP contribution in [0.1, 0.15) is 16.1 Å². The van der Waals surface area contributed by atoms with Gasteiger partial charge in [0.2, 0.25) is 0 Å². The van der Waals surface area contributed by atoms with Crippen molar-refractivity contribution in [3.8, 4) is 0 Å². The number of aromatic nitrogens is 2. The van der Waals surface area contributed by atoms with Crippen LogP contribution in [0.25, 0.3) is 10.9 Å². The molecular weight excluding hydrogens is 288 g/mol. The van der Waals surface area contributed by atoms with Crippen LogP contribution in [0.2, 0.25) is 5.15 Å². The Bertz CT molecular complexity index is 841. The van der Waals surface area contributed by atoms with Crippen molar-refractivity contribution in [1.82, 2.24) is 9.97 Å². The fourth-order valence-electron chi connectivity index (χ4n) is 2.13. The highest BCUT2D eigenvalue weighted by Crippen LogP contribution is 2.23. The van der Waals surface area contributed by atoms with E-state index < -0.39 is 0 Å². The smallest absolute Gasteiger partial charge is 0.272 e. The largest absolute Gasteiger partial charge is 0.397 e. The maximum Gasteiger partial charge on any atom is 0.272 e. The van der Waals surface area contributed by atoms with Gasteiger partial charge in [0.05, 0.1) is 16.9 Å². The number of rotatable bonds is 2. The molecule has 2 heterocycles. The average Bonchev–Trinajstić information content (AvgIpc) is 2.88.